The highest BCUT2D eigenvalue weighted by atomic mass is 19.1. The standard InChI is InChI=1S/C8H16FNO/c1-7(5-10)8(9)3-2-4-11-6-8/h7H,2-6,10H2,1H3. The Bertz CT molecular complexity index is 123. The lowest BCUT2D eigenvalue weighted by Crippen LogP contribution is -2.43. The molecule has 1 aliphatic heterocycles. The summed E-state index contributed by atoms with van der Waals surface area (Å²) in [6.45, 7) is 3.17. The average Bonchev–Trinajstić information content (AvgIpc) is 2.04. The normalized spacial score (nSPS) is 35.2. The molecule has 0 aliphatic carbocycles. The van der Waals surface area contributed by atoms with Crippen molar-refractivity contribution in [2.24, 2.45) is 11.7 Å². The number of alkyl halides is 1. The molecular weight excluding hydrogens is 145 g/mol. The van der Waals surface area contributed by atoms with Gasteiger partial charge in [-0.1, -0.05) is 6.92 Å². The first-order valence-electron chi connectivity index (χ1n) is 4.16. The van der Waals surface area contributed by atoms with Gasteiger partial charge in [0.15, 0.2) is 0 Å². The Morgan fingerprint density at radius 3 is 2.91 bits per heavy atom. The molecule has 1 rings (SSSR count). The maximum absolute atomic E-state index is 13.8. The quantitative estimate of drug-likeness (QED) is 0.658. The molecule has 0 spiro atoms. The van der Waals surface area contributed by atoms with Crippen molar-refractivity contribution in [3.8, 4) is 0 Å². The van der Waals surface area contributed by atoms with Crippen molar-refractivity contribution in [3.05, 3.63) is 0 Å². The Hall–Kier alpha value is -0.150. The van der Waals surface area contributed by atoms with Crippen LogP contribution in [0.4, 0.5) is 4.39 Å². The molecule has 3 heteroatoms. The number of nitrogens with two attached hydrogens (primary N) is 1. The summed E-state index contributed by atoms with van der Waals surface area (Å²) in [5.41, 5.74) is 4.23. The minimum Gasteiger partial charge on any atom is -0.378 e. The molecule has 0 bridgehead atoms. The average molecular weight is 161 g/mol. The van der Waals surface area contributed by atoms with Crippen molar-refractivity contribution < 1.29 is 9.13 Å². The molecular formula is C8H16FNO. The van der Waals surface area contributed by atoms with Crippen molar-refractivity contribution in [1.29, 1.82) is 0 Å². The Balaban J connectivity index is 2.49. The summed E-state index contributed by atoms with van der Waals surface area (Å²) < 4.78 is 18.8. The minimum atomic E-state index is -1.16. The zero-order valence-corrected chi connectivity index (χ0v) is 6.98. The summed E-state index contributed by atoms with van der Waals surface area (Å²) in [5.74, 6) is -0.0807. The topological polar surface area (TPSA) is 35.2 Å². The van der Waals surface area contributed by atoms with Crippen LogP contribution in [0.5, 0.6) is 0 Å². The molecule has 0 aromatic carbocycles. The molecule has 2 N–H and O–H groups in total. The van der Waals surface area contributed by atoms with Crippen LogP contribution in [0.2, 0.25) is 0 Å². The third-order valence-corrected chi connectivity index (χ3v) is 2.46. The van der Waals surface area contributed by atoms with E-state index in [1.807, 2.05) is 6.92 Å². The summed E-state index contributed by atoms with van der Waals surface area (Å²) in [4.78, 5) is 0. The van der Waals surface area contributed by atoms with E-state index in [0.29, 0.717) is 19.6 Å². The first kappa shape index (κ1) is 8.94. The van der Waals surface area contributed by atoms with Gasteiger partial charge in [0.05, 0.1) is 6.61 Å². The maximum atomic E-state index is 13.8. The van der Waals surface area contributed by atoms with Crippen molar-refractivity contribution in [3.63, 3.8) is 0 Å². The minimum absolute atomic E-state index is 0.0807. The third-order valence-electron chi connectivity index (χ3n) is 2.46. The van der Waals surface area contributed by atoms with Gasteiger partial charge >= 0.3 is 0 Å². The van der Waals surface area contributed by atoms with Crippen molar-refractivity contribution in [2.75, 3.05) is 19.8 Å². The van der Waals surface area contributed by atoms with E-state index >= 15 is 0 Å². The van der Waals surface area contributed by atoms with E-state index in [-0.39, 0.29) is 12.5 Å². The van der Waals surface area contributed by atoms with E-state index in [2.05, 4.69) is 0 Å². The van der Waals surface area contributed by atoms with Crippen LogP contribution in [0.15, 0.2) is 0 Å². The molecule has 1 heterocycles. The molecule has 0 aromatic heterocycles. The van der Waals surface area contributed by atoms with Crippen molar-refractivity contribution in [1.82, 2.24) is 0 Å². The Morgan fingerprint density at radius 1 is 1.73 bits per heavy atom. The summed E-state index contributed by atoms with van der Waals surface area (Å²) in [6, 6.07) is 0. The third kappa shape index (κ3) is 1.91. The van der Waals surface area contributed by atoms with Crippen LogP contribution in [0.25, 0.3) is 0 Å². The predicted octanol–water partition coefficient (Wildman–Crippen LogP) is 1.10. The van der Waals surface area contributed by atoms with Crippen LogP contribution in [0, 0.1) is 5.92 Å². The zero-order valence-electron chi connectivity index (χ0n) is 6.98. The van der Waals surface area contributed by atoms with Crippen LogP contribution in [-0.2, 0) is 4.74 Å². The van der Waals surface area contributed by atoms with E-state index in [1.165, 1.54) is 0 Å². The van der Waals surface area contributed by atoms with E-state index in [1.54, 1.807) is 0 Å². The smallest absolute Gasteiger partial charge is 0.138 e. The van der Waals surface area contributed by atoms with E-state index in [0.717, 1.165) is 6.42 Å². The molecule has 1 aliphatic rings. The molecule has 1 fully saturated rings. The van der Waals surface area contributed by atoms with Gasteiger partial charge in [-0.15, -0.1) is 0 Å². The summed E-state index contributed by atoms with van der Waals surface area (Å²) in [5, 5.41) is 0. The lowest BCUT2D eigenvalue weighted by molar-refractivity contribution is -0.0590. The number of hydrogen-bond acceptors (Lipinski definition) is 2. The van der Waals surface area contributed by atoms with Gasteiger partial charge in [-0.3, -0.25) is 0 Å². The highest BCUT2D eigenvalue weighted by Gasteiger charge is 2.37. The summed E-state index contributed by atoms with van der Waals surface area (Å²) >= 11 is 0. The zero-order chi connectivity index (χ0) is 8.32. The number of ether oxygens (including phenoxy) is 1. The molecule has 2 unspecified atom stereocenters. The SMILES string of the molecule is CC(CN)C1(F)CCCOC1. The molecule has 0 amide bonds. The fourth-order valence-electron chi connectivity index (χ4n) is 1.38. The molecule has 2 nitrogen and oxygen atoms in total. The van der Waals surface area contributed by atoms with Gasteiger partial charge in [0.25, 0.3) is 0 Å². The molecule has 0 radical (unpaired) electrons. The fourth-order valence-corrected chi connectivity index (χ4v) is 1.38. The number of rotatable bonds is 2. The number of halogens is 1. The maximum Gasteiger partial charge on any atom is 0.138 e. The Kier molecular flexibility index (Phi) is 2.84. The van der Waals surface area contributed by atoms with E-state index in [9.17, 15) is 4.39 Å². The van der Waals surface area contributed by atoms with Gasteiger partial charge in [-0.25, -0.2) is 4.39 Å². The monoisotopic (exact) mass is 161 g/mol. The first-order chi connectivity index (χ1) is 5.19. The molecule has 11 heavy (non-hydrogen) atoms. The molecule has 1 saturated heterocycles. The van der Waals surface area contributed by atoms with Crippen molar-refractivity contribution >= 4 is 0 Å². The Morgan fingerprint density at radius 2 is 2.45 bits per heavy atom. The fraction of sp³-hybridized carbons (Fsp3) is 1.00. The van der Waals surface area contributed by atoms with Crippen LogP contribution >= 0.6 is 0 Å². The van der Waals surface area contributed by atoms with Crippen LogP contribution < -0.4 is 5.73 Å². The number of hydrogen-bond donors (Lipinski definition) is 1. The van der Waals surface area contributed by atoms with Gasteiger partial charge in [0.1, 0.15) is 5.67 Å². The summed E-state index contributed by atoms with van der Waals surface area (Å²) in [7, 11) is 0. The van der Waals surface area contributed by atoms with Crippen LogP contribution in [-0.4, -0.2) is 25.4 Å². The van der Waals surface area contributed by atoms with E-state index < -0.39 is 5.67 Å². The van der Waals surface area contributed by atoms with Gasteiger partial charge in [-0.2, -0.15) is 0 Å². The highest BCUT2D eigenvalue weighted by molar-refractivity contribution is 4.87. The van der Waals surface area contributed by atoms with Gasteiger partial charge in [-0.05, 0) is 19.4 Å². The van der Waals surface area contributed by atoms with Gasteiger partial charge in [0.2, 0.25) is 0 Å². The largest absolute Gasteiger partial charge is 0.378 e. The van der Waals surface area contributed by atoms with Gasteiger partial charge in [0, 0.05) is 12.5 Å². The predicted molar refractivity (Wildman–Crippen MR) is 42.1 cm³/mol. The van der Waals surface area contributed by atoms with Gasteiger partial charge < -0.3 is 10.5 Å². The molecule has 2 atom stereocenters. The molecule has 0 saturated carbocycles. The first-order valence-corrected chi connectivity index (χ1v) is 4.16. The second-order valence-corrected chi connectivity index (χ2v) is 3.33. The summed E-state index contributed by atoms with van der Waals surface area (Å²) in [6.07, 6.45) is 1.42. The Labute approximate surface area is 66.9 Å². The highest BCUT2D eigenvalue weighted by Crippen LogP contribution is 2.30. The lowest BCUT2D eigenvalue weighted by Gasteiger charge is -2.33. The van der Waals surface area contributed by atoms with E-state index in [4.69, 9.17) is 10.5 Å². The van der Waals surface area contributed by atoms with Crippen molar-refractivity contribution in [2.45, 2.75) is 25.4 Å². The van der Waals surface area contributed by atoms with Crippen LogP contribution in [0.1, 0.15) is 19.8 Å². The second kappa shape index (κ2) is 3.50. The molecule has 66 valence electrons. The second-order valence-electron chi connectivity index (χ2n) is 3.33. The molecule has 0 aromatic rings. The van der Waals surface area contributed by atoms with Crippen LogP contribution in [0.3, 0.4) is 0 Å². The lowest BCUT2D eigenvalue weighted by atomic mass is 9.86.